The zero-order valence-electron chi connectivity index (χ0n) is 14.5. The number of aryl methyl sites for hydroxylation is 2. The second-order valence-electron chi connectivity index (χ2n) is 7.37. The second-order valence-corrected chi connectivity index (χ2v) is 8.71. The Bertz CT molecular complexity index is 506. The zero-order chi connectivity index (χ0) is 16.2. The van der Waals surface area contributed by atoms with Gasteiger partial charge in [-0.05, 0) is 59.1 Å². The maximum Gasteiger partial charge on any atom is 0.451 e. The molecule has 1 aromatic carbocycles. The van der Waals surface area contributed by atoms with Gasteiger partial charge in [-0.2, -0.15) is 0 Å². The van der Waals surface area contributed by atoms with Crippen LogP contribution in [0, 0.1) is 32.1 Å². The molecule has 0 saturated heterocycles. The molecule has 0 fully saturated rings. The van der Waals surface area contributed by atoms with E-state index in [1.54, 1.807) is 0 Å². The van der Waals surface area contributed by atoms with Crippen molar-refractivity contribution in [1.29, 1.82) is 0 Å². The van der Waals surface area contributed by atoms with Crippen LogP contribution in [-0.4, -0.2) is 6.16 Å². The largest absolute Gasteiger partial charge is 0.451 e. The SMILES string of the molecule is Cc1ccc(C)c(NN[P+](=O)CC(C)CC(C)(C)C)c1C. The number of hydrogen-bond acceptors (Lipinski definition) is 2. The van der Waals surface area contributed by atoms with Gasteiger partial charge in [0.1, 0.15) is 0 Å². The predicted octanol–water partition coefficient (Wildman–Crippen LogP) is 5.34. The molecule has 0 amide bonds. The fourth-order valence-corrected chi connectivity index (χ4v) is 3.72. The van der Waals surface area contributed by atoms with Crippen LogP contribution in [-0.2, 0) is 4.57 Å². The molecule has 0 aliphatic heterocycles. The highest BCUT2D eigenvalue weighted by atomic mass is 31.1. The maximum atomic E-state index is 12.2. The molecule has 0 radical (unpaired) electrons. The van der Waals surface area contributed by atoms with Crippen LogP contribution in [0.3, 0.4) is 0 Å². The van der Waals surface area contributed by atoms with Crippen molar-refractivity contribution < 1.29 is 4.57 Å². The van der Waals surface area contributed by atoms with E-state index in [0.29, 0.717) is 12.1 Å². The number of hydrazine groups is 1. The third kappa shape index (κ3) is 6.15. The minimum Gasteiger partial charge on any atom is -0.282 e. The molecule has 3 nitrogen and oxygen atoms in total. The Labute approximate surface area is 130 Å². The summed E-state index contributed by atoms with van der Waals surface area (Å²) in [6.07, 6.45) is 1.78. The van der Waals surface area contributed by atoms with E-state index in [0.717, 1.165) is 17.7 Å². The van der Waals surface area contributed by atoms with Gasteiger partial charge in [0.15, 0.2) is 6.16 Å². The van der Waals surface area contributed by atoms with Crippen LogP contribution in [0.1, 0.15) is 50.8 Å². The average molecular weight is 309 g/mol. The quantitative estimate of drug-likeness (QED) is 0.550. The van der Waals surface area contributed by atoms with E-state index in [9.17, 15) is 4.57 Å². The van der Waals surface area contributed by atoms with E-state index >= 15 is 0 Å². The molecule has 2 N–H and O–H groups in total. The Morgan fingerprint density at radius 3 is 2.29 bits per heavy atom. The topological polar surface area (TPSA) is 41.1 Å². The molecule has 0 heterocycles. The van der Waals surface area contributed by atoms with Crippen LogP contribution >= 0.6 is 7.95 Å². The van der Waals surface area contributed by atoms with Crippen LogP contribution in [0.2, 0.25) is 0 Å². The number of nitrogens with one attached hydrogen (secondary N) is 2. The van der Waals surface area contributed by atoms with Gasteiger partial charge < -0.3 is 0 Å². The average Bonchev–Trinajstić information content (AvgIpc) is 2.31. The summed E-state index contributed by atoms with van der Waals surface area (Å²) in [7, 11) is -1.44. The van der Waals surface area contributed by atoms with Gasteiger partial charge in [-0.3, -0.25) is 5.43 Å². The van der Waals surface area contributed by atoms with Crippen molar-refractivity contribution in [3.63, 3.8) is 0 Å². The van der Waals surface area contributed by atoms with Crippen molar-refractivity contribution >= 4 is 13.6 Å². The fraction of sp³-hybridized carbons (Fsp3) is 0.647. The first-order valence-electron chi connectivity index (χ1n) is 7.63. The van der Waals surface area contributed by atoms with Gasteiger partial charge in [0.25, 0.3) is 0 Å². The molecule has 0 aromatic heterocycles. The molecule has 0 spiro atoms. The minimum atomic E-state index is -1.44. The third-order valence-electron chi connectivity index (χ3n) is 3.69. The molecular formula is C17H30N2OP+. The van der Waals surface area contributed by atoms with Crippen molar-refractivity contribution in [2.24, 2.45) is 11.3 Å². The van der Waals surface area contributed by atoms with Crippen molar-refractivity contribution in [2.75, 3.05) is 11.6 Å². The summed E-state index contributed by atoms with van der Waals surface area (Å²) >= 11 is 0. The Morgan fingerprint density at radius 1 is 1.14 bits per heavy atom. The van der Waals surface area contributed by atoms with Crippen molar-refractivity contribution in [2.45, 2.75) is 54.9 Å². The van der Waals surface area contributed by atoms with Gasteiger partial charge >= 0.3 is 7.95 Å². The molecule has 4 heteroatoms. The summed E-state index contributed by atoms with van der Waals surface area (Å²) < 4.78 is 12.2. The van der Waals surface area contributed by atoms with Gasteiger partial charge in [-0.25, -0.2) is 0 Å². The van der Waals surface area contributed by atoms with Gasteiger partial charge in [0, 0.05) is 5.92 Å². The summed E-state index contributed by atoms with van der Waals surface area (Å²) in [5, 5.41) is 2.98. The molecule has 21 heavy (non-hydrogen) atoms. The van der Waals surface area contributed by atoms with Gasteiger partial charge in [-0.1, -0.05) is 39.8 Å². The standard InChI is InChI=1S/C17H30N2OP/c1-12(10-17(5,6)7)11-21(20)19-18-16-14(3)9-8-13(2)15(16)4/h8-9,12,18H,10-11H2,1-7H3,(H,19,20)/q+1. The number of rotatable bonds is 6. The highest BCUT2D eigenvalue weighted by Gasteiger charge is 2.24. The van der Waals surface area contributed by atoms with Crippen molar-refractivity contribution in [1.82, 2.24) is 5.20 Å². The lowest BCUT2D eigenvalue weighted by molar-refractivity contribution is 0.321. The Balaban J connectivity index is 2.56. The smallest absolute Gasteiger partial charge is 0.282 e. The summed E-state index contributed by atoms with van der Waals surface area (Å²) in [6, 6.07) is 4.20. The molecule has 0 aliphatic rings. The van der Waals surface area contributed by atoms with E-state index < -0.39 is 7.95 Å². The third-order valence-corrected chi connectivity index (χ3v) is 5.00. The van der Waals surface area contributed by atoms with E-state index in [4.69, 9.17) is 0 Å². The second kappa shape index (κ2) is 7.38. The minimum absolute atomic E-state index is 0.284. The van der Waals surface area contributed by atoms with Crippen LogP contribution in [0.15, 0.2) is 12.1 Å². The van der Waals surface area contributed by atoms with E-state index in [1.165, 1.54) is 11.1 Å². The number of benzene rings is 1. The van der Waals surface area contributed by atoms with Crippen molar-refractivity contribution in [3.8, 4) is 0 Å². The lowest BCUT2D eigenvalue weighted by Gasteiger charge is -2.20. The Hall–Kier alpha value is -0.920. The molecule has 0 bridgehead atoms. The van der Waals surface area contributed by atoms with Gasteiger partial charge in [0.2, 0.25) is 0 Å². The number of hydrogen-bond donors (Lipinski definition) is 2. The lowest BCUT2D eigenvalue weighted by atomic mass is 9.86. The summed E-state index contributed by atoms with van der Waals surface area (Å²) in [6.45, 7) is 15.1. The zero-order valence-corrected chi connectivity index (χ0v) is 15.4. The first-order valence-corrected chi connectivity index (χ1v) is 9.08. The molecule has 1 rings (SSSR count). The van der Waals surface area contributed by atoms with Crippen molar-refractivity contribution in [3.05, 3.63) is 28.8 Å². The molecule has 2 atom stereocenters. The molecule has 0 saturated carbocycles. The summed E-state index contributed by atoms with van der Waals surface area (Å²) in [5.41, 5.74) is 8.09. The predicted molar refractivity (Wildman–Crippen MR) is 93.1 cm³/mol. The monoisotopic (exact) mass is 309 g/mol. The van der Waals surface area contributed by atoms with Gasteiger partial charge in [0.05, 0.1) is 5.69 Å². The Morgan fingerprint density at radius 2 is 1.71 bits per heavy atom. The molecule has 2 unspecified atom stereocenters. The van der Waals surface area contributed by atoms with E-state index in [-0.39, 0.29) is 5.41 Å². The van der Waals surface area contributed by atoms with Crippen LogP contribution in [0.25, 0.3) is 0 Å². The van der Waals surface area contributed by atoms with Crippen LogP contribution in [0.5, 0.6) is 0 Å². The first kappa shape index (κ1) is 18.1. The summed E-state index contributed by atoms with van der Waals surface area (Å²) in [4.78, 5) is 0. The molecule has 1 aromatic rings. The first-order chi connectivity index (χ1) is 9.60. The molecule has 118 valence electrons. The number of anilines is 1. The summed E-state index contributed by atoms with van der Waals surface area (Å²) in [5.74, 6) is 0.447. The highest BCUT2D eigenvalue weighted by molar-refractivity contribution is 7.42. The Kier molecular flexibility index (Phi) is 6.37. The molecular weight excluding hydrogens is 279 g/mol. The van der Waals surface area contributed by atoms with Crippen LogP contribution in [0.4, 0.5) is 5.69 Å². The fourth-order valence-electron chi connectivity index (χ4n) is 2.70. The maximum absolute atomic E-state index is 12.2. The van der Waals surface area contributed by atoms with E-state index in [2.05, 4.69) is 71.2 Å². The normalized spacial score (nSPS) is 14.0. The lowest BCUT2D eigenvalue weighted by Crippen LogP contribution is -2.19. The van der Waals surface area contributed by atoms with E-state index in [1.807, 2.05) is 0 Å². The highest BCUT2D eigenvalue weighted by Crippen LogP contribution is 2.30. The van der Waals surface area contributed by atoms with Crippen LogP contribution < -0.4 is 10.6 Å². The molecule has 0 aliphatic carbocycles. The van der Waals surface area contributed by atoms with Gasteiger partial charge in [-0.15, -0.1) is 0 Å².